The van der Waals surface area contributed by atoms with Gasteiger partial charge in [0.15, 0.2) is 0 Å². The van der Waals surface area contributed by atoms with Crippen LogP contribution in [0.2, 0.25) is 0 Å². The van der Waals surface area contributed by atoms with Crippen LogP contribution in [0.15, 0.2) is 11.1 Å². The van der Waals surface area contributed by atoms with Crippen molar-refractivity contribution >= 4 is 17.8 Å². The Labute approximate surface area is 303 Å². The minimum atomic E-state index is -1.76. The van der Waals surface area contributed by atoms with Crippen molar-refractivity contribution in [1.29, 1.82) is 0 Å². The molecule has 0 radical (unpaired) electrons. The quantitative estimate of drug-likeness (QED) is 0.109. The second-order valence-corrected chi connectivity index (χ2v) is 18.3. The predicted octanol–water partition coefficient (Wildman–Crippen LogP) is 2.93. The Morgan fingerprint density at radius 1 is 0.961 bits per heavy atom. The van der Waals surface area contributed by atoms with Crippen LogP contribution in [0.1, 0.15) is 120 Å². The number of methoxy groups -OCH3 is 1. The molecule has 0 aromatic rings. The normalized spacial score (nSPS) is 36.9. The molecule has 2 fully saturated rings. The Morgan fingerprint density at radius 3 is 2.20 bits per heavy atom. The van der Waals surface area contributed by atoms with Gasteiger partial charge in [-0.2, -0.15) is 0 Å². The van der Waals surface area contributed by atoms with Gasteiger partial charge in [-0.1, -0.05) is 45.8 Å². The summed E-state index contributed by atoms with van der Waals surface area (Å²) in [6.45, 7) is 14.6. The first kappa shape index (κ1) is 41.7. The van der Waals surface area contributed by atoms with Gasteiger partial charge in [0.2, 0.25) is 5.91 Å². The topological polar surface area (TPSA) is 203 Å². The number of carbonyl (C=O) groups excluding carboxylic acids is 3. The maximum absolute atomic E-state index is 13.3. The number of nitrogens with one attached hydrogen (secondary N) is 1. The molecule has 0 aromatic heterocycles. The van der Waals surface area contributed by atoms with Gasteiger partial charge in [-0.3, -0.25) is 14.4 Å². The molecule has 0 bridgehead atoms. The lowest BCUT2D eigenvalue weighted by Crippen LogP contribution is -2.62. The summed E-state index contributed by atoms with van der Waals surface area (Å²) >= 11 is 0. The lowest BCUT2D eigenvalue weighted by molar-refractivity contribution is -0.193. The average Bonchev–Trinajstić information content (AvgIpc) is 3.30. The molecular weight excluding hydrogens is 658 g/mol. The molecule has 292 valence electrons. The molecule has 0 unspecified atom stereocenters. The average molecular weight is 724 g/mol. The summed E-state index contributed by atoms with van der Waals surface area (Å²) in [5, 5.41) is 68.6. The lowest BCUT2D eigenvalue weighted by Gasteiger charge is -2.64. The molecule has 0 aliphatic heterocycles. The summed E-state index contributed by atoms with van der Waals surface area (Å²) in [6, 6.07) is 0. The van der Waals surface area contributed by atoms with Crippen molar-refractivity contribution in [3.05, 3.63) is 11.1 Å². The van der Waals surface area contributed by atoms with Gasteiger partial charge in [-0.25, -0.2) is 0 Å². The van der Waals surface area contributed by atoms with Crippen LogP contribution in [0.4, 0.5) is 0 Å². The van der Waals surface area contributed by atoms with Gasteiger partial charge < -0.3 is 45.4 Å². The second kappa shape index (κ2) is 14.6. The van der Waals surface area contributed by atoms with Crippen LogP contribution < -0.4 is 5.32 Å². The third kappa shape index (κ3) is 7.65. The molecule has 4 rings (SSSR count). The van der Waals surface area contributed by atoms with Gasteiger partial charge in [0.25, 0.3) is 0 Å². The van der Waals surface area contributed by atoms with Crippen LogP contribution in [-0.2, 0) is 23.9 Å². The smallest absolute Gasteiger partial charge is 0.325 e. The van der Waals surface area contributed by atoms with Crippen molar-refractivity contribution in [2.75, 3.05) is 20.3 Å². The fraction of sp³-hybridized carbons (Fsp3) is 0.872. The Morgan fingerprint density at radius 2 is 1.61 bits per heavy atom. The van der Waals surface area contributed by atoms with Crippen LogP contribution in [0, 0.1) is 39.4 Å². The van der Waals surface area contributed by atoms with Gasteiger partial charge in [0, 0.05) is 12.0 Å². The highest BCUT2D eigenvalue weighted by Gasteiger charge is 2.67. The largest absolute Gasteiger partial charge is 0.468 e. The van der Waals surface area contributed by atoms with Crippen molar-refractivity contribution in [1.82, 2.24) is 5.32 Å². The van der Waals surface area contributed by atoms with Crippen LogP contribution >= 0.6 is 0 Å². The fourth-order valence-corrected chi connectivity index (χ4v) is 11.1. The number of allylic oxidation sites excluding steroid dienone is 1. The second-order valence-electron chi connectivity index (χ2n) is 18.3. The molecule has 12 nitrogen and oxygen atoms in total. The monoisotopic (exact) mass is 723 g/mol. The van der Waals surface area contributed by atoms with Crippen LogP contribution in [-0.4, -0.2) is 104 Å². The van der Waals surface area contributed by atoms with E-state index < -0.39 is 82.6 Å². The van der Waals surface area contributed by atoms with Gasteiger partial charge in [-0.05, 0) is 106 Å². The molecule has 1 amide bonds. The molecule has 4 aliphatic carbocycles. The summed E-state index contributed by atoms with van der Waals surface area (Å²) in [5.74, 6) is -2.13. The zero-order valence-corrected chi connectivity index (χ0v) is 32.3. The summed E-state index contributed by atoms with van der Waals surface area (Å²) in [4.78, 5) is 37.0. The summed E-state index contributed by atoms with van der Waals surface area (Å²) in [5.41, 5.74) is -2.57. The Kier molecular flexibility index (Phi) is 11.9. The van der Waals surface area contributed by atoms with E-state index in [1.54, 1.807) is 13.8 Å². The van der Waals surface area contributed by atoms with E-state index in [0.29, 0.717) is 25.7 Å². The van der Waals surface area contributed by atoms with Gasteiger partial charge in [-0.15, -0.1) is 0 Å². The standard InChI is InChI=1S/C39H65NO11/c1-34(2)27-12-11-24-25(16-29(43)39(8)23(14-15-38(24,39)7)22(21-41)10-13-28(42)35(3,4)48)37(27,6)17-26(33(34)47)51-31(45)19-36(5,49)18-30(44)40-20-32(46)50-9/h22-23,26-29,33,41-43,47-49H,10-21H2,1-9H3,(H,40,44)/t22-,23+,26+,27-,28+,29-,33-,36+,37-,38-,39+/m0/s1. The third-order valence-electron chi connectivity index (χ3n) is 14.3. The van der Waals surface area contributed by atoms with Crippen molar-refractivity contribution in [3.63, 3.8) is 0 Å². The van der Waals surface area contributed by atoms with E-state index in [-0.39, 0.29) is 36.3 Å². The summed E-state index contributed by atoms with van der Waals surface area (Å²) in [6.07, 6.45) is 0.488. The van der Waals surface area contributed by atoms with E-state index >= 15 is 0 Å². The van der Waals surface area contributed by atoms with Crippen molar-refractivity contribution < 1.29 is 54.5 Å². The lowest BCUT2D eigenvalue weighted by atomic mass is 9.42. The zero-order chi connectivity index (χ0) is 38.5. The molecule has 7 N–H and O–H groups in total. The zero-order valence-electron chi connectivity index (χ0n) is 32.3. The molecule has 0 saturated heterocycles. The first-order chi connectivity index (χ1) is 23.4. The van der Waals surface area contributed by atoms with Gasteiger partial charge in [0.05, 0.1) is 49.5 Å². The highest BCUT2D eigenvalue weighted by atomic mass is 16.6. The SMILES string of the molecule is COC(=O)CNC(=O)C[C@@](C)(O)CC(=O)O[C@@H]1C[C@@]2(C)C3=C(CC[C@H]2C(C)(C)[C@H]1O)[C@]1(C)CC[C@H]([C@H](CO)CC[C@@H](O)C(C)(C)O)[C@]1(C)[C@@H](O)C3. The molecule has 0 aromatic carbocycles. The number of ether oxygens (including phenoxy) is 2. The van der Waals surface area contributed by atoms with E-state index in [9.17, 15) is 45.0 Å². The summed E-state index contributed by atoms with van der Waals surface area (Å²) < 4.78 is 10.5. The van der Waals surface area contributed by atoms with E-state index in [0.717, 1.165) is 25.7 Å². The third-order valence-corrected chi connectivity index (χ3v) is 14.3. The van der Waals surface area contributed by atoms with E-state index in [2.05, 4.69) is 30.8 Å². The number of esters is 2. The highest BCUT2D eigenvalue weighted by molar-refractivity contribution is 5.83. The van der Waals surface area contributed by atoms with Crippen molar-refractivity contribution in [3.8, 4) is 0 Å². The Hall–Kier alpha value is -2.09. The number of fused-ring (bicyclic) bond motifs is 4. The minimum absolute atomic E-state index is 0.00440. The van der Waals surface area contributed by atoms with Crippen molar-refractivity contribution in [2.24, 2.45) is 39.4 Å². The van der Waals surface area contributed by atoms with Crippen molar-refractivity contribution in [2.45, 2.75) is 155 Å². The first-order valence-electron chi connectivity index (χ1n) is 18.7. The number of amides is 1. The minimum Gasteiger partial charge on any atom is -0.468 e. The summed E-state index contributed by atoms with van der Waals surface area (Å²) in [7, 11) is 1.19. The molecule has 2 saturated carbocycles. The van der Waals surface area contributed by atoms with Gasteiger partial charge in [0.1, 0.15) is 12.6 Å². The number of hydrogen-bond donors (Lipinski definition) is 7. The predicted molar refractivity (Wildman–Crippen MR) is 189 cm³/mol. The number of aliphatic hydroxyl groups excluding tert-OH is 4. The van der Waals surface area contributed by atoms with E-state index in [4.69, 9.17) is 4.74 Å². The van der Waals surface area contributed by atoms with E-state index in [1.165, 1.54) is 25.2 Å². The van der Waals surface area contributed by atoms with Gasteiger partial charge >= 0.3 is 11.9 Å². The van der Waals surface area contributed by atoms with Crippen LogP contribution in [0.3, 0.4) is 0 Å². The first-order valence-corrected chi connectivity index (χ1v) is 18.7. The molecule has 11 atom stereocenters. The maximum Gasteiger partial charge on any atom is 0.325 e. The highest BCUT2D eigenvalue weighted by Crippen LogP contribution is 2.72. The molecular formula is C39H65NO11. The number of aliphatic hydroxyl groups is 6. The van der Waals surface area contributed by atoms with Crippen LogP contribution in [0.5, 0.6) is 0 Å². The Bertz CT molecular complexity index is 1350. The number of rotatable bonds is 13. The fourth-order valence-electron chi connectivity index (χ4n) is 11.1. The molecule has 0 heterocycles. The maximum atomic E-state index is 13.3. The molecule has 51 heavy (non-hydrogen) atoms. The van der Waals surface area contributed by atoms with Crippen LogP contribution in [0.25, 0.3) is 0 Å². The number of hydrogen-bond acceptors (Lipinski definition) is 11. The Balaban J connectivity index is 1.58. The molecule has 0 spiro atoms. The molecule has 12 heteroatoms. The molecule has 4 aliphatic rings. The van der Waals surface area contributed by atoms with E-state index in [1.807, 2.05) is 13.8 Å². The number of carbonyl (C=O) groups is 3.